The van der Waals surface area contributed by atoms with Crippen LogP contribution in [0.1, 0.15) is 29.3 Å². The fourth-order valence-electron chi connectivity index (χ4n) is 1.93. The van der Waals surface area contributed by atoms with Crippen LogP contribution >= 0.6 is 27.5 Å². The number of ether oxygens (including phenoxy) is 1. The molecule has 0 fully saturated rings. The lowest BCUT2D eigenvalue weighted by Gasteiger charge is -2.12. The van der Waals surface area contributed by atoms with Crippen LogP contribution in [0.4, 0.5) is 0 Å². The van der Waals surface area contributed by atoms with Crippen LogP contribution in [0.2, 0.25) is 5.02 Å². The van der Waals surface area contributed by atoms with Crippen LogP contribution in [0.3, 0.4) is 0 Å². The van der Waals surface area contributed by atoms with E-state index in [2.05, 4.69) is 21.2 Å². The van der Waals surface area contributed by atoms with Gasteiger partial charge in [-0.25, -0.2) is 0 Å². The average Bonchev–Trinajstić information content (AvgIpc) is 2.52. The Balaban J connectivity index is 2.11. The molecule has 0 heterocycles. The van der Waals surface area contributed by atoms with Gasteiger partial charge in [0.05, 0.1) is 12.2 Å². The Kier molecular flexibility index (Phi) is 6.28. The molecular formula is C17H17BrClNO2. The van der Waals surface area contributed by atoms with Crippen molar-refractivity contribution in [3.8, 4) is 5.75 Å². The van der Waals surface area contributed by atoms with Crippen molar-refractivity contribution in [2.75, 3.05) is 6.61 Å². The van der Waals surface area contributed by atoms with Crippen LogP contribution in [0.25, 0.3) is 0 Å². The molecule has 5 heteroatoms. The molecule has 116 valence electrons. The standard InChI is InChI=1S/C17H17BrClNO2/c1-2-9-22-16-8-7-13(18)10-14(16)17(21)20-11-12-5-3-4-6-15(12)19/h3-8,10H,2,9,11H2,1H3,(H,20,21). The molecule has 2 aromatic rings. The SMILES string of the molecule is CCCOc1ccc(Br)cc1C(=O)NCc1ccccc1Cl. The normalized spacial score (nSPS) is 10.3. The van der Waals surface area contributed by atoms with Gasteiger partial charge in [-0.2, -0.15) is 0 Å². The van der Waals surface area contributed by atoms with Gasteiger partial charge in [-0.3, -0.25) is 4.79 Å². The molecule has 1 N–H and O–H groups in total. The van der Waals surface area contributed by atoms with Crippen molar-refractivity contribution in [1.29, 1.82) is 0 Å². The van der Waals surface area contributed by atoms with Gasteiger partial charge < -0.3 is 10.1 Å². The first-order valence-corrected chi connectivity index (χ1v) is 8.23. The van der Waals surface area contributed by atoms with Gasteiger partial charge in [0.15, 0.2) is 0 Å². The smallest absolute Gasteiger partial charge is 0.255 e. The van der Waals surface area contributed by atoms with Crippen LogP contribution in [0.15, 0.2) is 46.9 Å². The van der Waals surface area contributed by atoms with Gasteiger partial charge in [0.1, 0.15) is 5.75 Å². The van der Waals surface area contributed by atoms with E-state index < -0.39 is 0 Å². The molecular weight excluding hydrogens is 366 g/mol. The van der Waals surface area contributed by atoms with E-state index >= 15 is 0 Å². The van der Waals surface area contributed by atoms with Gasteiger partial charge in [0.25, 0.3) is 5.91 Å². The topological polar surface area (TPSA) is 38.3 Å². The van der Waals surface area contributed by atoms with Crippen LogP contribution in [-0.4, -0.2) is 12.5 Å². The molecule has 0 aliphatic heterocycles. The van der Waals surface area contributed by atoms with Crippen molar-refractivity contribution in [2.45, 2.75) is 19.9 Å². The van der Waals surface area contributed by atoms with E-state index in [1.54, 1.807) is 18.2 Å². The molecule has 0 saturated heterocycles. The number of halogens is 2. The molecule has 2 aromatic carbocycles. The second kappa shape index (κ2) is 8.20. The summed E-state index contributed by atoms with van der Waals surface area (Å²) in [5.74, 6) is 0.397. The van der Waals surface area contributed by atoms with Crippen LogP contribution in [0.5, 0.6) is 5.75 Å². The minimum atomic E-state index is -0.188. The molecule has 1 amide bonds. The second-order valence-electron chi connectivity index (χ2n) is 4.76. The molecule has 0 bridgehead atoms. The molecule has 3 nitrogen and oxygen atoms in total. The Hall–Kier alpha value is -1.52. The molecule has 2 rings (SSSR count). The average molecular weight is 383 g/mol. The van der Waals surface area contributed by atoms with Gasteiger partial charge in [-0.15, -0.1) is 0 Å². The number of rotatable bonds is 6. The lowest BCUT2D eigenvalue weighted by Crippen LogP contribution is -2.23. The number of amides is 1. The number of hydrogen-bond donors (Lipinski definition) is 1. The van der Waals surface area contributed by atoms with Crippen molar-refractivity contribution in [2.24, 2.45) is 0 Å². The van der Waals surface area contributed by atoms with E-state index in [0.717, 1.165) is 16.5 Å². The highest BCUT2D eigenvalue weighted by molar-refractivity contribution is 9.10. The molecule has 22 heavy (non-hydrogen) atoms. The van der Waals surface area contributed by atoms with E-state index in [4.69, 9.17) is 16.3 Å². The zero-order valence-electron chi connectivity index (χ0n) is 12.2. The first kappa shape index (κ1) is 16.8. The maximum atomic E-state index is 12.4. The lowest BCUT2D eigenvalue weighted by atomic mass is 10.1. The predicted octanol–water partition coefficient (Wildman–Crippen LogP) is 4.82. The quantitative estimate of drug-likeness (QED) is 0.777. The molecule has 0 aliphatic rings. The largest absolute Gasteiger partial charge is 0.493 e. The lowest BCUT2D eigenvalue weighted by molar-refractivity contribution is 0.0946. The van der Waals surface area contributed by atoms with Crippen LogP contribution < -0.4 is 10.1 Å². The van der Waals surface area contributed by atoms with Crippen molar-refractivity contribution in [3.05, 3.63) is 63.1 Å². The summed E-state index contributed by atoms with van der Waals surface area (Å²) >= 11 is 9.48. The zero-order valence-corrected chi connectivity index (χ0v) is 14.6. The maximum absolute atomic E-state index is 12.4. The van der Waals surface area contributed by atoms with Crippen molar-refractivity contribution in [1.82, 2.24) is 5.32 Å². The fourth-order valence-corrected chi connectivity index (χ4v) is 2.49. The Morgan fingerprint density at radius 1 is 1.27 bits per heavy atom. The summed E-state index contributed by atoms with van der Waals surface area (Å²) in [5.41, 5.74) is 1.39. The first-order chi connectivity index (χ1) is 10.6. The van der Waals surface area contributed by atoms with E-state index in [0.29, 0.717) is 29.5 Å². The zero-order chi connectivity index (χ0) is 15.9. The van der Waals surface area contributed by atoms with Gasteiger partial charge in [0.2, 0.25) is 0 Å². The molecule has 0 saturated carbocycles. The molecule has 0 atom stereocenters. The van der Waals surface area contributed by atoms with Gasteiger partial charge in [0, 0.05) is 16.0 Å². The number of carbonyl (C=O) groups is 1. The molecule has 0 aliphatic carbocycles. The summed E-state index contributed by atoms with van der Waals surface area (Å²) in [6, 6.07) is 12.9. The van der Waals surface area contributed by atoms with E-state index in [1.807, 2.05) is 31.2 Å². The third-order valence-electron chi connectivity index (χ3n) is 3.05. The number of hydrogen-bond acceptors (Lipinski definition) is 2. The number of benzene rings is 2. The van der Waals surface area contributed by atoms with Gasteiger partial charge >= 0.3 is 0 Å². The Bertz CT molecular complexity index is 661. The summed E-state index contributed by atoms with van der Waals surface area (Å²) < 4.78 is 6.46. The summed E-state index contributed by atoms with van der Waals surface area (Å²) in [4.78, 5) is 12.4. The highest BCUT2D eigenvalue weighted by atomic mass is 79.9. The Morgan fingerprint density at radius 3 is 2.77 bits per heavy atom. The van der Waals surface area contributed by atoms with Gasteiger partial charge in [-0.05, 0) is 36.2 Å². The number of carbonyl (C=O) groups excluding carboxylic acids is 1. The highest BCUT2D eigenvalue weighted by Gasteiger charge is 2.13. The second-order valence-corrected chi connectivity index (χ2v) is 6.09. The summed E-state index contributed by atoms with van der Waals surface area (Å²) in [7, 11) is 0. The fraction of sp³-hybridized carbons (Fsp3) is 0.235. The molecule has 0 aromatic heterocycles. The molecule has 0 unspecified atom stereocenters. The van der Waals surface area contributed by atoms with Crippen molar-refractivity contribution >= 4 is 33.4 Å². The van der Waals surface area contributed by atoms with Crippen LogP contribution in [0, 0.1) is 0 Å². The van der Waals surface area contributed by atoms with Crippen molar-refractivity contribution in [3.63, 3.8) is 0 Å². The minimum Gasteiger partial charge on any atom is -0.493 e. The monoisotopic (exact) mass is 381 g/mol. The highest BCUT2D eigenvalue weighted by Crippen LogP contribution is 2.24. The molecule has 0 radical (unpaired) electrons. The summed E-state index contributed by atoms with van der Waals surface area (Å²) in [6.07, 6.45) is 0.886. The van der Waals surface area contributed by atoms with Gasteiger partial charge in [-0.1, -0.05) is 52.7 Å². The van der Waals surface area contributed by atoms with E-state index in [1.165, 1.54) is 0 Å². The first-order valence-electron chi connectivity index (χ1n) is 7.05. The van der Waals surface area contributed by atoms with E-state index in [9.17, 15) is 4.79 Å². The van der Waals surface area contributed by atoms with Crippen LogP contribution in [-0.2, 0) is 6.54 Å². The summed E-state index contributed by atoms with van der Waals surface area (Å²) in [6.45, 7) is 2.97. The van der Waals surface area contributed by atoms with E-state index in [-0.39, 0.29) is 5.91 Å². The minimum absolute atomic E-state index is 0.188. The summed E-state index contributed by atoms with van der Waals surface area (Å²) in [5, 5.41) is 3.51. The Morgan fingerprint density at radius 2 is 2.05 bits per heavy atom. The number of nitrogens with one attached hydrogen (secondary N) is 1. The maximum Gasteiger partial charge on any atom is 0.255 e. The third-order valence-corrected chi connectivity index (χ3v) is 3.91. The molecule has 0 spiro atoms. The van der Waals surface area contributed by atoms with Crippen molar-refractivity contribution < 1.29 is 9.53 Å². The predicted molar refractivity (Wildman–Crippen MR) is 92.6 cm³/mol. The third kappa shape index (κ3) is 4.49. The Labute approximate surface area is 143 Å².